The predicted molar refractivity (Wildman–Crippen MR) is 92.1 cm³/mol. The van der Waals surface area contributed by atoms with Crippen LogP contribution in [-0.2, 0) is 4.74 Å². The molecule has 0 unspecified atom stereocenters. The maximum atomic E-state index is 12.1. The second-order valence-corrected chi connectivity index (χ2v) is 7.62. The average molecular weight is 397 g/mol. The van der Waals surface area contributed by atoms with E-state index in [0.29, 0.717) is 19.0 Å². The third-order valence-corrected chi connectivity index (χ3v) is 4.22. The number of imidazole rings is 1. The van der Waals surface area contributed by atoms with Gasteiger partial charge in [0.2, 0.25) is 5.88 Å². The molecular weight excluding hydrogens is 376 g/mol. The van der Waals surface area contributed by atoms with Gasteiger partial charge < -0.3 is 14.4 Å². The largest absolute Gasteiger partial charge is 0.473 e. The van der Waals surface area contributed by atoms with Crippen molar-refractivity contribution in [3.05, 3.63) is 22.9 Å². The van der Waals surface area contributed by atoms with Crippen molar-refractivity contribution in [2.24, 2.45) is 0 Å². The molecule has 1 fully saturated rings. The fraction of sp³-hybridized carbons (Fsp3) is 0.562. The zero-order valence-corrected chi connectivity index (χ0v) is 15.6. The molecule has 2 aromatic rings. The molecule has 7 nitrogen and oxygen atoms in total. The Hall–Kier alpha value is -1.83. The first kappa shape index (κ1) is 17.0. The Balaban J connectivity index is 1.56. The predicted octanol–water partition coefficient (Wildman–Crippen LogP) is 3.27. The van der Waals surface area contributed by atoms with Crippen LogP contribution in [0, 0.1) is 0 Å². The molecule has 24 heavy (non-hydrogen) atoms. The second kappa shape index (κ2) is 6.58. The van der Waals surface area contributed by atoms with Gasteiger partial charge in [0.05, 0.1) is 6.20 Å². The Labute approximate surface area is 149 Å². The normalized spacial score (nSPS) is 16.4. The number of piperidine rings is 1. The van der Waals surface area contributed by atoms with Crippen molar-refractivity contribution in [2.75, 3.05) is 13.1 Å². The van der Waals surface area contributed by atoms with Gasteiger partial charge in [-0.1, -0.05) is 0 Å². The minimum absolute atomic E-state index is 0.0379. The van der Waals surface area contributed by atoms with E-state index in [-0.39, 0.29) is 12.2 Å². The molecule has 1 aliphatic heterocycles. The van der Waals surface area contributed by atoms with Crippen LogP contribution in [0.15, 0.2) is 22.9 Å². The molecule has 1 saturated heterocycles. The second-order valence-electron chi connectivity index (χ2n) is 6.81. The van der Waals surface area contributed by atoms with Crippen molar-refractivity contribution in [3.63, 3.8) is 0 Å². The molecule has 8 heteroatoms. The number of fused-ring (bicyclic) bond motifs is 1. The molecule has 0 atom stereocenters. The van der Waals surface area contributed by atoms with E-state index in [4.69, 9.17) is 9.47 Å². The van der Waals surface area contributed by atoms with Gasteiger partial charge in [-0.05, 0) is 42.8 Å². The van der Waals surface area contributed by atoms with Crippen molar-refractivity contribution >= 4 is 27.7 Å². The Morgan fingerprint density at radius 2 is 2.00 bits per heavy atom. The number of amides is 1. The lowest BCUT2D eigenvalue weighted by atomic mass is 10.1. The maximum Gasteiger partial charge on any atom is 0.410 e. The van der Waals surface area contributed by atoms with E-state index in [0.717, 1.165) is 23.1 Å². The number of ether oxygens (including phenoxy) is 2. The molecular formula is C16H21BrN4O3. The van der Waals surface area contributed by atoms with E-state index in [1.165, 1.54) is 0 Å². The summed E-state index contributed by atoms with van der Waals surface area (Å²) in [6, 6.07) is 3.68. The lowest BCUT2D eigenvalue weighted by Crippen LogP contribution is -2.44. The lowest BCUT2D eigenvalue weighted by molar-refractivity contribution is 0.0122. The minimum atomic E-state index is -0.470. The summed E-state index contributed by atoms with van der Waals surface area (Å²) in [7, 11) is 0. The Morgan fingerprint density at radius 3 is 2.67 bits per heavy atom. The van der Waals surface area contributed by atoms with Crippen LogP contribution in [0.1, 0.15) is 33.6 Å². The topological polar surface area (TPSA) is 69.0 Å². The monoisotopic (exact) mass is 396 g/mol. The highest BCUT2D eigenvalue weighted by molar-refractivity contribution is 9.10. The van der Waals surface area contributed by atoms with Crippen LogP contribution in [-0.4, -0.2) is 50.4 Å². The van der Waals surface area contributed by atoms with Gasteiger partial charge in [0.1, 0.15) is 16.3 Å². The molecule has 0 spiro atoms. The van der Waals surface area contributed by atoms with E-state index >= 15 is 0 Å². The molecule has 1 amide bonds. The summed E-state index contributed by atoms with van der Waals surface area (Å²) in [5.41, 5.74) is 0.288. The fourth-order valence-electron chi connectivity index (χ4n) is 2.54. The van der Waals surface area contributed by atoms with Crippen molar-refractivity contribution < 1.29 is 14.3 Å². The van der Waals surface area contributed by atoms with Crippen LogP contribution in [0.5, 0.6) is 5.88 Å². The maximum absolute atomic E-state index is 12.1. The number of carbonyl (C=O) groups is 1. The molecule has 3 heterocycles. The van der Waals surface area contributed by atoms with Crippen LogP contribution >= 0.6 is 15.9 Å². The quantitative estimate of drug-likeness (QED) is 0.778. The summed E-state index contributed by atoms with van der Waals surface area (Å²) < 4.78 is 13.8. The Kier molecular flexibility index (Phi) is 4.67. The van der Waals surface area contributed by atoms with Gasteiger partial charge in [0.15, 0.2) is 5.65 Å². The van der Waals surface area contributed by atoms with Crippen molar-refractivity contribution in [3.8, 4) is 5.88 Å². The Bertz CT molecular complexity index is 732. The molecule has 0 radical (unpaired) electrons. The van der Waals surface area contributed by atoms with Crippen LogP contribution in [0.4, 0.5) is 4.79 Å². The third-order valence-electron chi connectivity index (χ3n) is 3.68. The number of aromatic nitrogens is 3. The van der Waals surface area contributed by atoms with Crippen LogP contribution in [0.3, 0.4) is 0 Å². The third kappa shape index (κ3) is 3.98. The fourth-order valence-corrected chi connectivity index (χ4v) is 2.91. The van der Waals surface area contributed by atoms with Gasteiger partial charge in [0.25, 0.3) is 0 Å². The van der Waals surface area contributed by atoms with Crippen LogP contribution < -0.4 is 4.74 Å². The van der Waals surface area contributed by atoms with Gasteiger partial charge in [-0.3, -0.25) is 0 Å². The Morgan fingerprint density at radius 1 is 1.29 bits per heavy atom. The number of rotatable bonds is 2. The SMILES string of the molecule is CC(C)(C)OC(=O)N1CCC(Oc2ccc3ncc(Br)n3n2)CC1. The summed E-state index contributed by atoms with van der Waals surface area (Å²) in [4.78, 5) is 18.0. The van der Waals surface area contributed by atoms with Crippen LogP contribution in [0.25, 0.3) is 5.65 Å². The van der Waals surface area contributed by atoms with Gasteiger partial charge in [0, 0.05) is 32.0 Å². The van der Waals surface area contributed by atoms with E-state index in [2.05, 4.69) is 26.0 Å². The summed E-state index contributed by atoms with van der Waals surface area (Å²) >= 11 is 3.40. The molecule has 3 rings (SSSR count). The lowest BCUT2D eigenvalue weighted by Gasteiger charge is -2.33. The summed E-state index contributed by atoms with van der Waals surface area (Å²) in [5.74, 6) is 0.553. The standard InChI is InChI=1S/C16H21BrN4O3/c1-16(2,3)24-15(22)20-8-6-11(7-9-20)23-14-5-4-13-18-10-12(17)21(13)19-14/h4-5,10-11H,6-9H2,1-3H3. The molecule has 0 saturated carbocycles. The summed E-state index contributed by atoms with van der Waals surface area (Å²) in [6.07, 6.45) is 2.98. The van der Waals surface area contributed by atoms with Gasteiger partial charge in [-0.25, -0.2) is 14.3 Å². The van der Waals surface area contributed by atoms with Gasteiger partial charge >= 0.3 is 6.09 Å². The molecule has 0 N–H and O–H groups in total. The average Bonchev–Trinajstić information content (AvgIpc) is 2.87. The molecule has 0 aliphatic carbocycles. The first-order valence-electron chi connectivity index (χ1n) is 7.97. The number of carbonyl (C=O) groups excluding carboxylic acids is 1. The van der Waals surface area contributed by atoms with Gasteiger partial charge in [-0.2, -0.15) is 0 Å². The van der Waals surface area contributed by atoms with E-state index in [1.54, 1.807) is 15.6 Å². The molecule has 130 valence electrons. The molecule has 2 aromatic heterocycles. The highest BCUT2D eigenvalue weighted by atomic mass is 79.9. The molecule has 0 bridgehead atoms. The minimum Gasteiger partial charge on any atom is -0.473 e. The van der Waals surface area contributed by atoms with Crippen LogP contribution in [0.2, 0.25) is 0 Å². The number of hydrogen-bond acceptors (Lipinski definition) is 5. The number of halogens is 1. The number of hydrogen-bond donors (Lipinski definition) is 0. The number of nitrogens with zero attached hydrogens (tertiary/aromatic N) is 4. The number of likely N-dealkylation sites (tertiary alicyclic amines) is 1. The zero-order chi connectivity index (χ0) is 17.3. The van der Waals surface area contributed by atoms with Crippen molar-refractivity contribution in [1.29, 1.82) is 0 Å². The highest BCUT2D eigenvalue weighted by Gasteiger charge is 2.27. The van der Waals surface area contributed by atoms with Crippen molar-refractivity contribution in [2.45, 2.75) is 45.3 Å². The molecule has 1 aliphatic rings. The van der Waals surface area contributed by atoms with Gasteiger partial charge in [-0.15, -0.1) is 5.10 Å². The molecule has 0 aromatic carbocycles. The van der Waals surface area contributed by atoms with E-state index in [1.807, 2.05) is 32.9 Å². The van der Waals surface area contributed by atoms with E-state index < -0.39 is 5.60 Å². The summed E-state index contributed by atoms with van der Waals surface area (Å²) in [5, 5.41) is 4.41. The zero-order valence-electron chi connectivity index (χ0n) is 14.0. The smallest absolute Gasteiger partial charge is 0.410 e. The first-order chi connectivity index (χ1) is 11.3. The summed E-state index contributed by atoms with van der Waals surface area (Å²) in [6.45, 7) is 6.86. The highest BCUT2D eigenvalue weighted by Crippen LogP contribution is 2.20. The van der Waals surface area contributed by atoms with Crippen molar-refractivity contribution in [1.82, 2.24) is 19.5 Å². The first-order valence-corrected chi connectivity index (χ1v) is 8.76. The van der Waals surface area contributed by atoms with E-state index in [9.17, 15) is 4.79 Å².